The third-order valence-corrected chi connectivity index (χ3v) is 6.23. The molecule has 1 atom stereocenters. The first-order chi connectivity index (χ1) is 13.8. The maximum Gasteiger partial charge on any atom is 0.331 e. The molecule has 3 amide bonds. The number of carbonyl (C=O) groups excluding carboxylic acids is 3. The number of nitrogens with one attached hydrogen (secondary N) is 2. The van der Waals surface area contributed by atoms with Gasteiger partial charge >= 0.3 is 12.0 Å². The number of amides is 3. The molecule has 0 unspecified atom stereocenters. The second kappa shape index (κ2) is 9.17. The van der Waals surface area contributed by atoms with E-state index in [2.05, 4.69) is 15.7 Å². The molecule has 0 aromatic carbocycles. The normalized spacial score (nSPS) is 18.4. The Morgan fingerprint density at radius 1 is 1.33 bits per heavy atom. The molecule has 1 aromatic rings. The van der Waals surface area contributed by atoms with Crippen LogP contribution in [0.15, 0.2) is 6.08 Å². The highest BCUT2D eigenvalue weighted by atomic mass is 35.5. The van der Waals surface area contributed by atoms with E-state index in [0.717, 1.165) is 6.08 Å². The fourth-order valence-electron chi connectivity index (χ4n) is 2.80. The number of esters is 1. The number of ether oxygens (including phenoxy) is 1. The molecule has 1 aliphatic heterocycles. The number of aromatic nitrogens is 2. The molecule has 0 saturated carbocycles. The summed E-state index contributed by atoms with van der Waals surface area (Å²) in [6, 6.07) is -1.04. The molecular weight excluding hydrogens is 436 g/mol. The van der Waals surface area contributed by atoms with Crippen molar-refractivity contribution in [1.29, 1.82) is 0 Å². The van der Waals surface area contributed by atoms with E-state index in [4.69, 9.17) is 16.3 Å². The Morgan fingerprint density at radius 2 is 2.00 bits per heavy atom. The van der Waals surface area contributed by atoms with Crippen LogP contribution in [0, 0.1) is 6.92 Å². The van der Waals surface area contributed by atoms with Gasteiger partial charge in [0.2, 0.25) is 0 Å². The SMILES string of the molecule is Cc1nn([C@@H]2CCS(=O)(=O)C2)c(Cl)c1/C=C/C(=O)OCC(=O)NC(=O)NC(C)(C)C. The molecule has 0 radical (unpaired) electrons. The molecule has 1 fully saturated rings. The quantitative estimate of drug-likeness (QED) is 0.500. The third kappa shape index (κ3) is 6.84. The molecular formula is C18H25ClN4O6S. The molecule has 12 heteroatoms. The van der Waals surface area contributed by atoms with E-state index >= 15 is 0 Å². The Labute approximate surface area is 179 Å². The molecule has 1 aliphatic rings. The van der Waals surface area contributed by atoms with Crippen LogP contribution in [0.1, 0.15) is 44.5 Å². The van der Waals surface area contributed by atoms with E-state index in [1.807, 2.05) is 0 Å². The van der Waals surface area contributed by atoms with Gasteiger partial charge in [0.25, 0.3) is 5.91 Å². The van der Waals surface area contributed by atoms with E-state index in [0.29, 0.717) is 17.7 Å². The summed E-state index contributed by atoms with van der Waals surface area (Å²) in [5.74, 6) is -1.53. The van der Waals surface area contributed by atoms with Crippen molar-refractivity contribution < 1.29 is 27.5 Å². The zero-order chi connectivity index (χ0) is 22.7. The Hall–Kier alpha value is -2.40. The standard InChI is InChI=1S/C18H25ClN4O6S/c1-11-13(16(19)23(22-11)12-7-8-30(27,28)10-12)5-6-15(25)29-9-14(24)20-17(26)21-18(2,3)4/h5-6,12H,7-10H2,1-4H3,(H2,20,21,24,26)/b6-5+/t12-/m1/s1. The molecule has 0 spiro atoms. The fraction of sp³-hybridized carbons (Fsp3) is 0.556. The van der Waals surface area contributed by atoms with Gasteiger partial charge in [-0.3, -0.25) is 10.1 Å². The van der Waals surface area contributed by atoms with Crippen molar-refractivity contribution in [2.24, 2.45) is 0 Å². The van der Waals surface area contributed by atoms with Crippen molar-refractivity contribution in [2.75, 3.05) is 18.1 Å². The summed E-state index contributed by atoms with van der Waals surface area (Å²) < 4.78 is 29.6. The molecule has 30 heavy (non-hydrogen) atoms. The van der Waals surface area contributed by atoms with Crippen molar-refractivity contribution in [2.45, 2.75) is 45.7 Å². The number of hydrogen-bond donors (Lipinski definition) is 2. The molecule has 2 rings (SSSR count). The minimum absolute atomic E-state index is 0.0308. The number of aryl methyl sites for hydroxylation is 1. The zero-order valence-electron chi connectivity index (χ0n) is 17.2. The largest absolute Gasteiger partial charge is 0.452 e. The van der Waals surface area contributed by atoms with E-state index in [1.54, 1.807) is 27.7 Å². The smallest absolute Gasteiger partial charge is 0.331 e. The summed E-state index contributed by atoms with van der Waals surface area (Å²) in [5, 5.41) is 9.09. The highest BCUT2D eigenvalue weighted by molar-refractivity contribution is 7.91. The number of sulfone groups is 1. The first kappa shape index (κ1) is 23.9. The summed E-state index contributed by atoms with van der Waals surface area (Å²) in [4.78, 5) is 35.1. The number of urea groups is 1. The van der Waals surface area contributed by atoms with Crippen LogP contribution in [-0.4, -0.2) is 59.8 Å². The van der Waals surface area contributed by atoms with Gasteiger partial charge in [-0.2, -0.15) is 5.10 Å². The second-order valence-electron chi connectivity index (χ2n) is 7.98. The highest BCUT2D eigenvalue weighted by Gasteiger charge is 2.31. The fourth-order valence-corrected chi connectivity index (χ4v) is 4.87. The van der Waals surface area contributed by atoms with Crippen LogP contribution in [0.5, 0.6) is 0 Å². The lowest BCUT2D eigenvalue weighted by molar-refractivity contribution is -0.143. The monoisotopic (exact) mass is 460 g/mol. The van der Waals surface area contributed by atoms with Gasteiger partial charge in [-0.1, -0.05) is 11.6 Å². The average molecular weight is 461 g/mol. The first-order valence-electron chi connectivity index (χ1n) is 9.19. The van der Waals surface area contributed by atoms with Crippen molar-refractivity contribution in [3.63, 3.8) is 0 Å². The van der Waals surface area contributed by atoms with Crippen LogP contribution in [0.2, 0.25) is 5.15 Å². The van der Waals surface area contributed by atoms with E-state index < -0.39 is 39.9 Å². The van der Waals surface area contributed by atoms with Crippen LogP contribution in [0.25, 0.3) is 6.08 Å². The molecule has 10 nitrogen and oxygen atoms in total. The van der Waals surface area contributed by atoms with Gasteiger partial charge in [0.1, 0.15) is 5.15 Å². The number of nitrogens with zero attached hydrogens (tertiary/aromatic N) is 2. The predicted octanol–water partition coefficient (Wildman–Crippen LogP) is 1.39. The Morgan fingerprint density at radius 3 is 2.57 bits per heavy atom. The van der Waals surface area contributed by atoms with Crippen molar-refractivity contribution >= 4 is 45.4 Å². The minimum atomic E-state index is -3.10. The summed E-state index contributed by atoms with van der Waals surface area (Å²) in [7, 11) is -3.10. The highest BCUT2D eigenvalue weighted by Crippen LogP contribution is 2.30. The van der Waals surface area contributed by atoms with Crippen LogP contribution in [0.4, 0.5) is 4.79 Å². The Balaban J connectivity index is 1.92. The van der Waals surface area contributed by atoms with Gasteiger partial charge in [0, 0.05) is 17.2 Å². The molecule has 0 bridgehead atoms. The van der Waals surface area contributed by atoms with Crippen molar-refractivity contribution in [3.05, 3.63) is 22.5 Å². The lowest BCUT2D eigenvalue weighted by Gasteiger charge is -2.20. The number of imide groups is 1. The van der Waals surface area contributed by atoms with E-state index in [1.165, 1.54) is 10.8 Å². The number of halogens is 1. The maximum absolute atomic E-state index is 11.9. The molecule has 0 aliphatic carbocycles. The summed E-state index contributed by atoms with van der Waals surface area (Å²) in [5.41, 5.74) is 0.450. The lowest BCUT2D eigenvalue weighted by atomic mass is 10.1. The van der Waals surface area contributed by atoms with Gasteiger partial charge in [-0.15, -0.1) is 0 Å². The van der Waals surface area contributed by atoms with Gasteiger partial charge in [-0.05, 0) is 40.2 Å². The Kier molecular flexibility index (Phi) is 7.30. The number of carbonyl (C=O) groups is 3. The minimum Gasteiger partial charge on any atom is -0.452 e. The molecule has 166 valence electrons. The molecule has 2 heterocycles. The number of rotatable bonds is 5. The predicted molar refractivity (Wildman–Crippen MR) is 111 cm³/mol. The van der Waals surface area contributed by atoms with Gasteiger partial charge in [-0.25, -0.2) is 22.7 Å². The zero-order valence-corrected chi connectivity index (χ0v) is 18.8. The first-order valence-corrected chi connectivity index (χ1v) is 11.4. The van der Waals surface area contributed by atoms with Crippen molar-refractivity contribution in [3.8, 4) is 0 Å². The van der Waals surface area contributed by atoms with Crippen LogP contribution in [-0.2, 0) is 24.2 Å². The summed E-state index contributed by atoms with van der Waals surface area (Å²) in [6.45, 7) is 6.30. The number of hydrogen-bond acceptors (Lipinski definition) is 7. The van der Waals surface area contributed by atoms with Gasteiger partial charge in [0.15, 0.2) is 16.4 Å². The Bertz CT molecular complexity index is 978. The summed E-state index contributed by atoms with van der Waals surface area (Å²) in [6.07, 6.45) is 2.89. The van der Waals surface area contributed by atoms with Crippen molar-refractivity contribution in [1.82, 2.24) is 20.4 Å². The van der Waals surface area contributed by atoms with E-state index in [-0.39, 0.29) is 22.7 Å². The van der Waals surface area contributed by atoms with Gasteiger partial charge < -0.3 is 10.1 Å². The van der Waals surface area contributed by atoms with Crippen LogP contribution < -0.4 is 10.6 Å². The topological polar surface area (TPSA) is 136 Å². The lowest BCUT2D eigenvalue weighted by Crippen LogP contribution is -2.49. The summed E-state index contributed by atoms with van der Waals surface area (Å²) >= 11 is 6.32. The maximum atomic E-state index is 11.9. The van der Waals surface area contributed by atoms with Crippen LogP contribution >= 0.6 is 11.6 Å². The molecule has 1 aromatic heterocycles. The molecule has 2 N–H and O–H groups in total. The average Bonchev–Trinajstić information content (AvgIpc) is 3.08. The van der Waals surface area contributed by atoms with E-state index in [9.17, 15) is 22.8 Å². The van der Waals surface area contributed by atoms with Crippen LogP contribution in [0.3, 0.4) is 0 Å². The van der Waals surface area contributed by atoms with Gasteiger partial charge in [0.05, 0.1) is 23.2 Å². The second-order valence-corrected chi connectivity index (χ2v) is 10.6. The molecule has 1 saturated heterocycles. The third-order valence-electron chi connectivity index (χ3n) is 4.10.